The molecule has 2 aromatic rings. The van der Waals surface area contributed by atoms with Crippen molar-refractivity contribution in [2.45, 2.75) is 57.0 Å². The number of hydrogen-bond acceptors (Lipinski definition) is 3. The van der Waals surface area contributed by atoms with Crippen LogP contribution in [0.2, 0.25) is 5.02 Å². The molecule has 0 aliphatic heterocycles. The number of methoxy groups -OCH3 is 1. The lowest BCUT2D eigenvalue weighted by atomic mass is 9.77. The lowest BCUT2D eigenvalue weighted by Gasteiger charge is -2.28. The first kappa shape index (κ1) is 22.6. The predicted molar refractivity (Wildman–Crippen MR) is 118 cm³/mol. The van der Waals surface area contributed by atoms with E-state index in [1.165, 1.54) is 6.07 Å². The Bertz CT molecular complexity index is 894. The number of ether oxygens (including phenoxy) is 2. The molecule has 0 radical (unpaired) electrons. The summed E-state index contributed by atoms with van der Waals surface area (Å²) < 4.78 is 25.7. The summed E-state index contributed by atoms with van der Waals surface area (Å²) in [6.45, 7) is 4.44. The van der Waals surface area contributed by atoms with Crippen molar-refractivity contribution in [2.24, 2.45) is 0 Å². The summed E-state index contributed by atoms with van der Waals surface area (Å²) >= 11 is 6.37. The van der Waals surface area contributed by atoms with Gasteiger partial charge in [0.1, 0.15) is 11.6 Å². The van der Waals surface area contributed by atoms with Crippen LogP contribution in [0.15, 0.2) is 42.5 Å². The average molecular weight is 434 g/mol. The van der Waals surface area contributed by atoms with Gasteiger partial charge in [0.15, 0.2) is 0 Å². The Kier molecular flexibility index (Phi) is 7.04. The standard InChI is InChI=1S/C24H29ClFNO3/c1-23(2,29-3)14-15-30-21-11-10-17(16-19(21)25)27-22(28)24(12-6-7-13-24)18-8-4-5-9-20(18)26/h4-5,8-11,16H,6-7,12-15H2,1-3H3,(H,27,28). The monoisotopic (exact) mass is 433 g/mol. The quantitative estimate of drug-likeness (QED) is 0.545. The summed E-state index contributed by atoms with van der Waals surface area (Å²) in [5, 5.41) is 3.35. The fourth-order valence-corrected chi connectivity index (χ4v) is 4.14. The van der Waals surface area contributed by atoms with Gasteiger partial charge in [0.25, 0.3) is 0 Å². The van der Waals surface area contributed by atoms with E-state index in [4.69, 9.17) is 21.1 Å². The van der Waals surface area contributed by atoms with Gasteiger partial charge in [0.05, 0.1) is 22.6 Å². The van der Waals surface area contributed by atoms with Gasteiger partial charge in [-0.2, -0.15) is 0 Å². The van der Waals surface area contributed by atoms with Crippen LogP contribution in [0, 0.1) is 5.82 Å². The predicted octanol–water partition coefficient (Wildman–Crippen LogP) is 6.12. The molecule has 4 nitrogen and oxygen atoms in total. The third kappa shape index (κ3) is 4.96. The molecular weight excluding hydrogens is 405 g/mol. The number of benzene rings is 2. The highest BCUT2D eigenvalue weighted by molar-refractivity contribution is 6.32. The maximum absolute atomic E-state index is 14.5. The second-order valence-electron chi connectivity index (χ2n) is 8.43. The first-order chi connectivity index (χ1) is 14.3. The van der Waals surface area contributed by atoms with Crippen LogP contribution in [-0.2, 0) is 14.9 Å². The normalized spacial score (nSPS) is 15.8. The second kappa shape index (κ2) is 9.36. The van der Waals surface area contributed by atoms with E-state index in [1.54, 1.807) is 43.5 Å². The molecule has 0 aromatic heterocycles. The Balaban J connectivity index is 1.72. The zero-order valence-corrected chi connectivity index (χ0v) is 18.5. The first-order valence-electron chi connectivity index (χ1n) is 10.3. The Morgan fingerprint density at radius 2 is 1.90 bits per heavy atom. The largest absolute Gasteiger partial charge is 0.492 e. The SMILES string of the molecule is COC(C)(C)CCOc1ccc(NC(=O)C2(c3ccccc3F)CCCC2)cc1Cl. The van der Waals surface area contributed by atoms with Gasteiger partial charge >= 0.3 is 0 Å². The van der Waals surface area contributed by atoms with Crippen LogP contribution in [0.3, 0.4) is 0 Å². The van der Waals surface area contributed by atoms with Crippen molar-refractivity contribution in [3.8, 4) is 5.75 Å². The maximum atomic E-state index is 14.5. The van der Waals surface area contributed by atoms with Gasteiger partial charge in [-0.1, -0.05) is 42.6 Å². The van der Waals surface area contributed by atoms with Crippen LogP contribution in [-0.4, -0.2) is 25.2 Å². The number of amides is 1. The fraction of sp³-hybridized carbons (Fsp3) is 0.458. The Hall–Kier alpha value is -2.11. The van der Waals surface area contributed by atoms with Crippen LogP contribution in [0.1, 0.15) is 51.5 Å². The van der Waals surface area contributed by atoms with Crippen molar-refractivity contribution in [2.75, 3.05) is 19.0 Å². The van der Waals surface area contributed by atoms with Gasteiger partial charge in [-0.15, -0.1) is 0 Å². The number of hydrogen-bond donors (Lipinski definition) is 1. The minimum atomic E-state index is -0.848. The molecule has 1 aliphatic rings. The smallest absolute Gasteiger partial charge is 0.235 e. The zero-order valence-electron chi connectivity index (χ0n) is 17.8. The molecule has 0 atom stereocenters. The molecule has 0 bridgehead atoms. The molecule has 3 rings (SSSR count). The van der Waals surface area contributed by atoms with Crippen LogP contribution >= 0.6 is 11.6 Å². The molecule has 2 aromatic carbocycles. The first-order valence-corrected chi connectivity index (χ1v) is 10.7. The highest BCUT2D eigenvalue weighted by Gasteiger charge is 2.44. The second-order valence-corrected chi connectivity index (χ2v) is 8.84. The van der Waals surface area contributed by atoms with Gasteiger partial charge in [-0.05, 0) is 51.0 Å². The molecule has 0 heterocycles. The van der Waals surface area contributed by atoms with Gasteiger partial charge in [0.2, 0.25) is 5.91 Å². The van der Waals surface area contributed by atoms with Crippen molar-refractivity contribution >= 4 is 23.2 Å². The van der Waals surface area contributed by atoms with E-state index in [2.05, 4.69) is 5.32 Å². The number of nitrogens with one attached hydrogen (secondary N) is 1. The Morgan fingerprint density at radius 1 is 1.20 bits per heavy atom. The minimum absolute atomic E-state index is 0.198. The average Bonchev–Trinajstić information content (AvgIpc) is 3.21. The van der Waals surface area contributed by atoms with Crippen molar-refractivity contribution in [3.63, 3.8) is 0 Å². The number of carbonyl (C=O) groups is 1. The maximum Gasteiger partial charge on any atom is 0.235 e. The number of anilines is 1. The zero-order chi connectivity index (χ0) is 21.8. The van der Waals surface area contributed by atoms with E-state index in [9.17, 15) is 9.18 Å². The van der Waals surface area contributed by atoms with E-state index >= 15 is 0 Å². The third-order valence-corrected chi connectivity index (χ3v) is 6.28. The molecule has 162 valence electrons. The third-order valence-electron chi connectivity index (χ3n) is 5.99. The van der Waals surface area contributed by atoms with Crippen LogP contribution in [0.5, 0.6) is 5.75 Å². The van der Waals surface area contributed by atoms with E-state index in [-0.39, 0.29) is 17.3 Å². The van der Waals surface area contributed by atoms with Crippen LogP contribution in [0.4, 0.5) is 10.1 Å². The Morgan fingerprint density at radius 3 is 2.53 bits per heavy atom. The van der Waals surface area contributed by atoms with Gasteiger partial charge < -0.3 is 14.8 Å². The summed E-state index contributed by atoms with van der Waals surface area (Å²) in [5.41, 5.74) is -0.0921. The van der Waals surface area contributed by atoms with Gasteiger partial charge in [-0.25, -0.2) is 4.39 Å². The van der Waals surface area contributed by atoms with Crippen molar-refractivity contribution in [1.82, 2.24) is 0 Å². The summed E-state index contributed by atoms with van der Waals surface area (Å²) in [6, 6.07) is 11.7. The molecule has 1 fully saturated rings. The van der Waals surface area contributed by atoms with E-state index in [0.717, 1.165) is 12.8 Å². The molecule has 1 saturated carbocycles. The molecule has 1 aliphatic carbocycles. The summed E-state index contributed by atoms with van der Waals surface area (Å²) in [5.74, 6) is 0.0123. The lowest BCUT2D eigenvalue weighted by Crippen LogP contribution is -2.38. The van der Waals surface area contributed by atoms with Gasteiger partial charge in [0, 0.05) is 24.8 Å². The fourth-order valence-electron chi connectivity index (χ4n) is 3.90. The molecule has 0 unspecified atom stereocenters. The topological polar surface area (TPSA) is 47.6 Å². The molecular formula is C24H29ClFNO3. The van der Waals surface area contributed by atoms with Crippen molar-refractivity contribution < 1.29 is 18.7 Å². The number of halogens is 2. The molecule has 1 amide bonds. The summed E-state index contributed by atoms with van der Waals surface area (Å²) in [7, 11) is 1.67. The van der Waals surface area contributed by atoms with E-state index in [1.807, 2.05) is 13.8 Å². The molecule has 0 spiro atoms. The highest BCUT2D eigenvalue weighted by Crippen LogP contribution is 2.43. The van der Waals surface area contributed by atoms with Crippen molar-refractivity contribution in [3.05, 3.63) is 58.9 Å². The number of rotatable bonds is 8. The molecule has 1 N–H and O–H groups in total. The van der Waals surface area contributed by atoms with Crippen LogP contribution in [0.25, 0.3) is 0 Å². The highest BCUT2D eigenvalue weighted by atomic mass is 35.5. The minimum Gasteiger partial charge on any atom is -0.492 e. The van der Waals surface area contributed by atoms with E-state index in [0.29, 0.717) is 47.9 Å². The molecule has 0 saturated heterocycles. The van der Waals surface area contributed by atoms with E-state index < -0.39 is 5.41 Å². The summed E-state index contributed by atoms with van der Waals surface area (Å²) in [4.78, 5) is 13.2. The molecule has 6 heteroatoms. The Labute approximate surface area is 182 Å². The molecule has 30 heavy (non-hydrogen) atoms. The summed E-state index contributed by atoms with van der Waals surface area (Å²) in [6.07, 6.45) is 3.76. The van der Waals surface area contributed by atoms with Gasteiger partial charge in [-0.3, -0.25) is 4.79 Å². The lowest BCUT2D eigenvalue weighted by molar-refractivity contribution is -0.121. The van der Waals surface area contributed by atoms with Crippen molar-refractivity contribution in [1.29, 1.82) is 0 Å². The van der Waals surface area contributed by atoms with Crippen LogP contribution < -0.4 is 10.1 Å². The number of carbonyl (C=O) groups excluding carboxylic acids is 1.